The lowest BCUT2D eigenvalue weighted by molar-refractivity contribution is -0.385. The zero-order chi connectivity index (χ0) is 17.4. The third kappa shape index (κ3) is 5.14. The highest BCUT2D eigenvalue weighted by atomic mass is 35.5. The van der Waals surface area contributed by atoms with Crippen LogP contribution in [0.15, 0.2) is 12.1 Å². The molecule has 0 aliphatic heterocycles. The van der Waals surface area contributed by atoms with E-state index in [1.54, 1.807) is 11.8 Å². The molecular formula is C14H19Cl2N3O4. The second-order valence-corrected chi connectivity index (χ2v) is 5.45. The first kappa shape index (κ1) is 19.3. The summed E-state index contributed by atoms with van der Waals surface area (Å²) in [5.74, 6) is -0.142. The highest BCUT2D eigenvalue weighted by molar-refractivity contribution is 6.18. The van der Waals surface area contributed by atoms with E-state index in [0.717, 1.165) is 0 Å². The van der Waals surface area contributed by atoms with Crippen LogP contribution in [0.25, 0.3) is 0 Å². The largest absolute Gasteiger partial charge is 0.417 e. The fourth-order valence-electron chi connectivity index (χ4n) is 2.03. The second-order valence-electron chi connectivity index (χ2n) is 4.69. The normalized spacial score (nSPS) is 10.4. The number of ether oxygens (including phenoxy) is 1. The Morgan fingerprint density at radius 1 is 1.35 bits per heavy atom. The summed E-state index contributed by atoms with van der Waals surface area (Å²) in [4.78, 5) is 24.0. The predicted octanol–water partition coefficient (Wildman–Crippen LogP) is 3.17. The Morgan fingerprint density at radius 3 is 2.43 bits per heavy atom. The van der Waals surface area contributed by atoms with Crippen LogP contribution in [0, 0.1) is 10.1 Å². The third-order valence-corrected chi connectivity index (χ3v) is 3.41. The molecule has 0 aliphatic rings. The number of nitrogens with two attached hydrogens (primary N) is 1. The molecule has 0 aromatic heterocycles. The average Bonchev–Trinajstić information content (AvgIpc) is 2.49. The van der Waals surface area contributed by atoms with Gasteiger partial charge in [0.05, 0.1) is 10.6 Å². The van der Waals surface area contributed by atoms with Crippen LogP contribution in [0.1, 0.15) is 19.8 Å². The van der Waals surface area contributed by atoms with E-state index in [0.29, 0.717) is 37.0 Å². The van der Waals surface area contributed by atoms with E-state index in [2.05, 4.69) is 0 Å². The summed E-state index contributed by atoms with van der Waals surface area (Å²) in [6.07, 6.45) is 0.713. The van der Waals surface area contributed by atoms with Crippen molar-refractivity contribution in [2.45, 2.75) is 19.8 Å². The number of halogens is 2. The Balaban J connectivity index is 3.29. The number of anilines is 2. The smallest absolute Gasteiger partial charge is 0.314 e. The fourth-order valence-corrected chi connectivity index (χ4v) is 2.44. The second kappa shape index (κ2) is 9.42. The van der Waals surface area contributed by atoms with Crippen LogP contribution in [0.3, 0.4) is 0 Å². The van der Waals surface area contributed by atoms with Crippen molar-refractivity contribution in [3.05, 3.63) is 22.2 Å². The van der Waals surface area contributed by atoms with Crippen molar-refractivity contribution in [2.24, 2.45) is 0 Å². The molecule has 0 radical (unpaired) electrons. The number of hydrogen-bond acceptors (Lipinski definition) is 6. The third-order valence-electron chi connectivity index (χ3n) is 3.07. The van der Waals surface area contributed by atoms with Crippen LogP contribution in [-0.2, 0) is 4.79 Å². The van der Waals surface area contributed by atoms with Crippen LogP contribution in [-0.4, -0.2) is 35.7 Å². The van der Waals surface area contributed by atoms with Gasteiger partial charge in [-0.15, -0.1) is 23.2 Å². The monoisotopic (exact) mass is 363 g/mol. The van der Waals surface area contributed by atoms with Gasteiger partial charge in [0.15, 0.2) is 0 Å². The van der Waals surface area contributed by atoms with Gasteiger partial charge in [0.2, 0.25) is 5.75 Å². The number of carbonyl (C=O) groups is 1. The van der Waals surface area contributed by atoms with Gasteiger partial charge in [-0.3, -0.25) is 14.9 Å². The number of carbonyl (C=O) groups excluding carboxylic acids is 1. The molecule has 1 rings (SSSR count). The molecule has 0 saturated heterocycles. The maximum absolute atomic E-state index is 11.7. The van der Waals surface area contributed by atoms with Crippen LogP contribution >= 0.6 is 23.2 Å². The van der Waals surface area contributed by atoms with Crippen LogP contribution in [0.2, 0.25) is 0 Å². The standard InChI is InChI=1S/C14H19Cl2N3O4/c1-2-3-12(20)23-14-11(19(21)22)5-4-10(13(14)17)18(8-6-15)9-7-16/h4-5H,2-3,6-9,17H2,1H3. The summed E-state index contributed by atoms with van der Waals surface area (Å²) in [5, 5.41) is 11.1. The summed E-state index contributed by atoms with van der Waals surface area (Å²) in [5.41, 5.74) is 6.19. The molecule has 23 heavy (non-hydrogen) atoms. The lowest BCUT2D eigenvalue weighted by Crippen LogP contribution is -2.28. The number of nitro benzene ring substituents is 1. The molecule has 0 bridgehead atoms. The quantitative estimate of drug-likeness (QED) is 0.180. The Hall–Kier alpha value is -1.73. The molecule has 0 heterocycles. The molecule has 0 aliphatic carbocycles. The number of alkyl halides is 2. The summed E-state index contributed by atoms with van der Waals surface area (Å²) in [7, 11) is 0. The van der Waals surface area contributed by atoms with Gasteiger partial charge in [-0.25, -0.2) is 0 Å². The Labute approximate surface area is 144 Å². The minimum Gasteiger partial charge on any atom is -0.417 e. The number of rotatable bonds is 9. The summed E-state index contributed by atoms with van der Waals surface area (Å²) >= 11 is 11.5. The highest BCUT2D eigenvalue weighted by Gasteiger charge is 2.25. The average molecular weight is 364 g/mol. The van der Waals surface area contributed by atoms with E-state index in [1.807, 2.05) is 0 Å². The Morgan fingerprint density at radius 2 is 1.96 bits per heavy atom. The number of nitro groups is 1. The minimum atomic E-state index is -0.637. The van der Waals surface area contributed by atoms with Crippen molar-refractivity contribution in [1.82, 2.24) is 0 Å². The molecule has 2 N–H and O–H groups in total. The van der Waals surface area contributed by atoms with E-state index in [1.165, 1.54) is 12.1 Å². The predicted molar refractivity (Wildman–Crippen MR) is 91.7 cm³/mol. The Kier molecular flexibility index (Phi) is 7.91. The molecule has 0 atom stereocenters. The van der Waals surface area contributed by atoms with E-state index in [-0.39, 0.29) is 23.5 Å². The number of nitrogens with zero attached hydrogens (tertiary/aromatic N) is 2. The molecule has 1 aromatic carbocycles. The summed E-state index contributed by atoms with van der Waals surface area (Å²) < 4.78 is 5.13. The molecule has 0 fully saturated rings. The molecule has 0 saturated carbocycles. The first-order valence-corrected chi connectivity index (χ1v) is 8.17. The van der Waals surface area contributed by atoms with Gasteiger partial charge < -0.3 is 15.4 Å². The van der Waals surface area contributed by atoms with Crippen molar-refractivity contribution in [3.63, 3.8) is 0 Å². The van der Waals surface area contributed by atoms with Crippen molar-refractivity contribution in [2.75, 3.05) is 35.5 Å². The topological polar surface area (TPSA) is 98.7 Å². The van der Waals surface area contributed by atoms with Gasteiger partial charge in [0.25, 0.3) is 0 Å². The number of nitrogen functional groups attached to an aromatic ring is 1. The van der Waals surface area contributed by atoms with Gasteiger partial charge in [-0.2, -0.15) is 0 Å². The van der Waals surface area contributed by atoms with Crippen LogP contribution < -0.4 is 15.4 Å². The van der Waals surface area contributed by atoms with Gasteiger partial charge in [0.1, 0.15) is 5.69 Å². The first-order chi connectivity index (χ1) is 11.0. The van der Waals surface area contributed by atoms with Gasteiger partial charge in [-0.1, -0.05) is 6.92 Å². The molecule has 7 nitrogen and oxygen atoms in total. The van der Waals surface area contributed by atoms with Gasteiger partial charge >= 0.3 is 11.7 Å². The van der Waals surface area contributed by atoms with E-state index >= 15 is 0 Å². The zero-order valence-electron chi connectivity index (χ0n) is 12.8. The molecular weight excluding hydrogens is 345 g/mol. The van der Waals surface area contributed by atoms with E-state index < -0.39 is 10.9 Å². The lowest BCUT2D eigenvalue weighted by atomic mass is 10.2. The van der Waals surface area contributed by atoms with Crippen molar-refractivity contribution >= 4 is 46.2 Å². The molecule has 1 aromatic rings. The van der Waals surface area contributed by atoms with E-state index in [9.17, 15) is 14.9 Å². The zero-order valence-corrected chi connectivity index (χ0v) is 14.3. The van der Waals surface area contributed by atoms with Crippen LogP contribution in [0.4, 0.5) is 17.1 Å². The van der Waals surface area contributed by atoms with Gasteiger partial charge in [0, 0.05) is 37.3 Å². The molecule has 0 unspecified atom stereocenters. The van der Waals surface area contributed by atoms with E-state index in [4.69, 9.17) is 33.7 Å². The molecule has 128 valence electrons. The van der Waals surface area contributed by atoms with Crippen molar-refractivity contribution < 1.29 is 14.5 Å². The first-order valence-electron chi connectivity index (χ1n) is 7.10. The molecule has 0 amide bonds. The number of hydrogen-bond donors (Lipinski definition) is 1. The maximum Gasteiger partial charge on any atom is 0.314 e. The summed E-state index contributed by atoms with van der Waals surface area (Å²) in [6, 6.07) is 2.76. The fraction of sp³-hybridized carbons (Fsp3) is 0.500. The van der Waals surface area contributed by atoms with Crippen molar-refractivity contribution in [3.8, 4) is 5.75 Å². The van der Waals surface area contributed by atoms with Gasteiger partial charge in [-0.05, 0) is 12.5 Å². The molecule has 9 heteroatoms. The summed E-state index contributed by atoms with van der Waals surface area (Å²) in [6.45, 7) is 2.72. The highest BCUT2D eigenvalue weighted by Crippen LogP contribution is 2.40. The Bertz CT molecular complexity index is 563. The van der Waals surface area contributed by atoms with Crippen molar-refractivity contribution in [1.29, 1.82) is 0 Å². The van der Waals surface area contributed by atoms with Crippen LogP contribution in [0.5, 0.6) is 5.75 Å². The lowest BCUT2D eigenvalue weighted by Gasteiger charge is -2.25. The maximum atomic E-state index is 11.7. The SMILES string of the molecule is CCCC(=O)Oc1c([N+](=O)[O-])ccc(N(CCCl)CCCl)c1N. The number of benzene rings is 1. The minimum absolute atomic E-state index is 0.0267. The number of esters is 1. The molecule has 0 spiro atoms.